The fraction of sp³-hybridized carbons (Fsp3) is 0.125. The highest BCUT2D eigenvalue weighted by atomic mass is 19.1. The van der Waals surface area contributed by atoms with E-state index in [-0.39, 0.29) is 0 Å². The molecule has 0 saturated heterocycles. The number of para-hydroxylation sites is 1. The van der Waals surface area contributed by atoms with E-state index in [4.69, 9.17) is 4.74 Å². The summed E-state index contributed by atoms with van der Waals surface area (Å²) in [6, 6.07) is 13.1. The van der Waals surface area contributed by atoms with Gasteiger partial charge in [-0.3, -0.25) is 4.98 Å². The van der Waals surface area contributed by atoms with Gasteiger partial charge in [0.15, 0.2) is 0 Å². The maximum absolute atomic E-state index is 13.1. The van der Waals surface area contributed by atoms with Gasteiger partial charge < -0.3 is 4.74 Å². The number of hydrogen-bond donors (Lipinski definition) is 0. The van der Waals surface area contributed by atoms with Gasteiger partial charge in [0, 0.05) is 6.07 Å². The van der Waals surface area contributed by atoms with E-state index in [1.807, 2.05) is 48.0 Å². The molecule has 0 aliphatic rings. The second-order valence-corrected chi connectivity index (χ2v) is 4.65. The van der Waals surface area contributed by atoms with Crippen LogP contribution in [0, 0.1) is 12.7 Å². The van der Waals surface area contributed by atoms with Crippen LogP contribution in [0.3, 0.4) is 0 Å². The van der Waals surface area contributed by atoms with Gasteiger partial charge in [0.1, 0.15) is 18.2 Å². The topological polar surface area (TPSA) is 39.9 Å². The van der Waals surface area contributed by atoms with Crippen LogP contribution in [0.1, 0.15) is 11.4 Å². The Labute approximate surface area is 121 Å². The molecule has 2 heterocycles. The lowest BCUT2D eigenvalue weighted by Gasteiger charge is -2.09. The minimum absolute atomic E-state index is 0.293. The lowest BCUT2D eigenvalue weighted by Crippen LogP contribution is -2.05. The molecule has 0 spiro atoms. The third-order valence-electron chi connectivity index (χ3n) is 2.97. The first-order valence-electron chi connectivity index (χ1n) is 6.57. The molecule has 3 rings (SSSR count). The Morgan fingerprint density at radius 2 is 1.95 bits per heavy atom. The summed E-state index contributed by atoms with van der Waals surface area (Å²) < 4.78 is 20.5. The summed E-state index contributed by atoms with van der Waals surface area (Å²) >= 11 is 0. The number of pyridine rings is 1. The standard InChI is InChI=1S/C16H14FN3O/c1-12-7-15(11-21-16-8-13(17)9-18-10-16)20(19-12)14-5-3-2-4-6-14/h2-10H,11H2,1H3. The summed E-state index contributed by atoms with van der Waals surface area (Å²) in [5.41, 5.74) is 2.75. The fourth-order valence-electron chi connectivity index (χ4n) is 2.08. The molecule has 0 radical (unpaired) electrons. The number of aromatic nitrogens is 3. The van der Waals surface area contributed by atoms with E-state index in [1.165, 1.54) is 12.3 Å². The van der Waals surface area contributed by atoms with E-state index >= 15 is 0 Å². The van der Waals surface area contributed by atoms with E-state index in [0.717, 1.165) is 23.3 Å². The molecule has 106 valence electrons. The molecule has 3 aromatic rings. The zero-order valence-electron chi connectivity index (χ0n) is 11.5. The zero-order valence-corrected chi connectivity index (χ0v) is 11.5. The first-order chi connectivity index (χ1) is 10.2. The number of nitrogens with zero attached hydrogens (tertiary/aromatic N) is 3. The van der Waals surface area contributed by atoms with Crippen molar-refractivity contribution in [3.63, 3.8) is 0 Å². The summed E-state index contributed by atoms with van der Waals surface area (Å²) in [5.74, 6) is -0.0197. The third kappa shape index (κ3) is 3.08. The van der Waals surface area contributed by atoms with E-state index < -0.39 is 5.82 Å². The first kappa shape index (κ1) is 13.3. The van der Waals surface area contributed by atoms with Crippen LogP contribution in [0.2, 0.25) is 0 Å². The van der Waals surface area contributed by atoms with Crippen molar-refractivity contribution in [1.82, 2.24) is 14.8 Å². The molecule has 0 saturated carbocycles. The molecule has 0 amide bonds. The molecule has 0 fully saturated rings. The highest BCUT2D eigenvalue weighted by molar-refractivity contribution is 5.33. The normalized spacial score (nSPS) is 10.6. The van der Waals surface area contributed by atoms with Gasteiger partial charge in [-0.2, -0.15) is 5.10 Å². The predicted octanol–water partition coefficient (Wildman–Crippen LogP) is 3.29. The number of aryl methyl sites for hydroxylation is 1. The van der Waals surface area contributed by atoms with E-state index in [9.17, 15) is 4.39 Å². The molecular weight excluding hydrogens is 269 g/mol. The van der Waals surface area contributed by atoms with Crippen LogP contribution in [0.4, 0.5) is 4.39 Å². The lowest BCUT2D eigenvalue weighted by molar-refractivity contribution is 0.294. The van der Waals surface area contributed by atoms with E-state index in [1.54, 1.807) is 0 Å². The van der Waals surface area contributed by atoms with Crippen molar-refractivity contribution in [2.45, 2.75) is 13.5 Å². The maximum atomic E-state index is 13.1. The van der Waals surface area contributed by atoms with Crippen LogP contribution in [0.15, 0.2) is 54.9 Å². The first-order valence-corrected chi connectivity index (χ1v) is 6.57. The van der Waals surface area contributed by atoms with Crippen molar-refractivity contribution in [1.29, 1.82) is 0 Å². The Kier molecular flexibility index (Phi) is 3.64. The van der Waals surface area contributed by atoms with Crippen molar-refractivity contribution in [2.24, 2.45) is 0 Å². The predicted molar refractivity (Wildman–Crippen MR) is 76.8 cm³/mol. The number of benzene rings is 1. The summed E-state index contributed by atoms with van der Waals surface area (Å²) in [6.45, 7) is 2.22. The van der Waals surface area contributed by atoms with Gasteiger partial charge in [0.25, 0.3) is 0 Å². The Bertz CT molecular complexity index is 740. The Hall–Kier alpha value is -2.69. The van der Waals surface area contributed by atoms with Gasteiger partial charge >= 0.3 is 0 Å². The average molecular weight is 283 g/mol. The Morgan fingerprint density at radius 1 is 1.14 bits per heavy atom. The van der Waals surface area contributed by atoms with Crippen LogP contribution >= 0.6 is 0 Å². The molecule has 2 aromatic heterocycles. The minimum Gasteiger partial charge on any atom is -0.486 e. The van der Waals surface area contributed by atoms with Crippen LogP contribution in [0.25, 0.3) is 5.69 Å². The highest BCUT2D eigenvalue weighted by Crippen LogP contribution is 2.16. The molecule has 5 heteroatoms. The largest absolute Gasteiger partial charge is 0.486 e. The molecule has 4 nitrogen and oxygen atoms in total. The summed E-state index contributed by atoms with van der Waals surface area (Å²) in [6.07, 6.45) is 2.63. The lowest BCUT2D eigenvalue weighted by atomic mass is 10.3. The molecular formula is C16H14FN3O. The second kappa shape index (κ2) is 5.75. The Balaban J connectivity index is 1.83. The van der Waals surface area contributed by atoms with Gasteiger partial charge in [-0.25, -0.2) is 9.07 Å². The van der Waals surface area contributed by atoms with Gasteiger partial charge in [0.2, 0.25) is 0 Å². The molecule has 0 unspecified atom stereocenters. The summed E-state index contributed by atoms with van der Waals surface area (Å²) in [4.78, 5) is 3.76. The van der Waals surface area contributed by atoms with Crippen molar-refractivity contribution < 1.29 is 9.13 Å². The maximum Gasteiger partial charge on any atom is 0.145 e. The van der Waals surface area contributed by atoms with Gasteiger partial charge in [-0.15, -0.1) is 0 Å². The van der Waals surface area contributed by atoms with E-state index in [2.05, 4.69) is 10.1 Å². The summed E-state index contributed by atoms with van der Waals surface area (Å²) in [5, 5.41) is 4.46. The van der Waals surface area contributed by atoms with Gasteiger partial charge in [-0.1, -0.05) is 18.2 Å². The van der Waals surface area contributed by atoms with Gasteiger partial charge in [0.05, 0.1) is 29.5 Å². The quantitative estimate of drug-likeness (QED) is 0.737. The van der Waals surface area contributed by atoms with Crippen molar-refractivity contribution in [3.05, 3.63) is 72.1 Å². The van der Waals surface area contributed by atoms with Crippen LogP contribution in [-0.4, -0.2) is 14.8 Å². The second-order valence-electron chi connectivity index (χ2n) is 4.65. The monoisotopic (exact) mass is 283 g/mol. The zero-order chi connectivity index (χ0) is 14.7. The molecule has 21 heavy (non-hydrogen) atoms. The number of ether oxygens (including phenoxy) is 1. The third-order valence-corrected chi connectivity index (χ3v) is 2.97. The van der Waals surface area contributed by atoms with Gasteiger partial charge in [-0.05, 0) is 25.1 Å². The Morgan fingerprint density at radius 3 is 2.71 bits per heavy atom. The number of halogens is 1. The molecule has 1 aromatic carbocycles. The number of hydrogen-bond acceptors (Lipinski definition) is 3. The smallest absolute Gasteiger partial charge is 0.145 e. The van der Waals surface area contributed by atoms with E-state index in [0.29, 0.717) is 12.4 Å². The highest BCUT2D eigenvalue weighted by Gasteiger charge is 2.08. The minimum atomic E-state index is -0.416. The van der Waals surface area contributed by atoms with Crippen molar-refractivity contribution in [3.8, 4) is 11.4 Å². The average Bonchev–Trinajstić information content (AvgIpc) is 2.87. The van der Waals surface area contributed by atoms with Crippen LogP contribution in [-0.2, 0) is 6.61 Å². The van der Waals surface area contributed by atoms with Crippen LogP contribution in [0.5, 0.6) is 5.75 Å². The SMILES string of the molecule is Cc1cc(COc2cncc(F)c2)n(-c2ccccc2)n1. The molecule has 0 atom stereocenters. The van der Waals surface area contributed by atoms with Crippen molar-refractivity contribution in [2.75, 3.05) is 0 Å². The summed E-state index contributed by atoms with van der Waals surface area (Å²) in [7, 11) is 0. The molecule has 0 N–H and O–H groups in total. The number of rotatable bonds is 4. The van der Waals surface area contributed by atoms with Crippen LogP contribution < -0.4 is 4.74 Å². The fourth-order valence-corrected chi connectivity index (χ4v) is 2.08. The molecule has 0 aliphatic heterocycles. The molecule has 0 bridgehead atoms. The van der Waals surface area contributed by atoms with Crippen molar-refractivity contribution >= 4 is 0 Å². The molecule has 0 aliphatic carbocycles.